The lowest BCUT2D eigenvalue weighted by molar-refractivity contribution is -0.134. The monoisotopic (exact) mass is 339 g/mol. The maximum atomic E-state index is 13.9. The molecule has 1 aromatic rings. The van der Waals surface area contributed by atoms with Gasteiger partial charge in [-0.25, -0.2) is 4.39 Å². The predicted molar refractivity (Wildman–Crippen MR) is 88.9 cm³/mol. The zero-order valence-corrected chi connectivity index (χ0v) is 14.1. The van der Waals surface area contributed by atoms with Gasteiger partial charge in [0.2, 0.25) is 5.91 Å². The lowest BCUT2D eigenvalue weighted by Crippen LogP contribution is -2.50. The molecular formula is C17H23ClFN3O. The Balaban J connectivity index is 1.49. The molecule has 0 N–H and O–H groups in total. The molecule has 1 aromatic carbocycles. The molecule has 2 aliphatic rings. The first-order valence-corrected chi connectivity index (χ1v) is 8.66. The standard InChI is InChI=1S/C17H23ClFN3O/c18-15-4-3-5-16(19)14(15)12-21-8-10-22(11-9-21)17(23)13-20-6-1-2-7-20/h3-5H,1-2,6-13H2. The van der Waals surface area contributed by atoms with E-state index in [0.29, 0.717) is 36.8 Å². The van der Waals surface area contributed by atoms with E-state index in [1.807, 2.05) is 4.90 Å². The third kappa shape index (κ3) is 4.22. The van der Waals surface area contributed by atoms with E-state index >= 15 is 0 Å². The average molecular weight is 340 g/mol. The summed E-state index contributed by atoms with van der Waals surface area (Å²) in [7, 11) is 0. The third-order valence-corrected chi connectivity index (χ3v) is 5.08. The number of benzene rings is 1. The van der Waals surface area contributed by atoms with Gasteiger partial charge in [0, 0.05) is 43.3 Å². The molecule has 0 unspecified atom stereocenters. The molecule has 0 atom stereocenters. The molecule has 23 heavy (non-hydrogen) atoms. The number of halogens is 2. The van der Waals surface area contributed by atoms with E-state index in [1.54, 1.807) is 12.1 Å². The Morgan fingerprint density at radius 1 is 1.04 bits per heavy atom. The topological polar surface area (TPSA) is 26.8 Å². The number of hydrogen-bond donors (Lipinski definition) is 0. The van der Waals surface area contributed by atoms with Crippen LogP contribution in [0.1, 0.15) is 18.4 Å². The van der Waals surface area contributed by atoms with Crippen LogP contribution in [-0.4, -0.2) is 66.4 Å². The summed E-state index contributed by atoms with van der Waals surface area (Å²) >= 11 is 6.09. The van der Waals surface area contributed by atoms with Crippen LogP contribution in [0.2, 0.25) is 5.02 Å². The minimum Gasteiger partial charge on any atom is -0.339 e. The summed E-state index contributed by atoms with van der Waals surface area (Å²) in [5.41, 5.74) is 0.547. The summed E-state index contributed by atoms with van der Waals surface area (Å²) < 4.78 is 13.9. The summed E-state index contributed by atoms with van der Waals surface area (Å²) in [6.45, 7) is 6.05. The number of carbonyl (C=O) groups excluding carboxylic acids is 1. The van der Waals surface area contributed by atoms with Gasteiger partial charge < -0.3 is 4.90 Å². The highest BCUT2D eigenvalue weighted by Crippen LogP contribution is 2.21. The van der Waals surface area contributed by atoms with Crippen LogP contribution in [0.3, 0.4) is 0 Å². The van der Waals surface area contributed by atoms with Gasteiger partial charge in [-0.1, -0.05) is 17.7 Å². The van der Waals surface area contributed by atoms with Crippen molar-refractivity contribution in [2.75, 3.05) is 45.8 Å². The summed E-state index contributed by atoms with van der Waals surface area (Å²) in [6.07, 6.45) is 2.40. The van der Waals surface area contributed by atoms with Crippen molar-refractivity contribution in [3.8, 4) is 0 Å². The fourth-order valence-corrected chi connectivity index (χ4v) is 3.52. The second-order valence-corrected chi connectivity index (χ2v) is 6.75. The molecule has 0 saturated carbocycles. The third-order valence-electron chi connectivity index (χ3n) is 4.73. The van der Waals surface area contributed by atoms with Crippen LogP contribution in [0.25, 0.3) is 0 Å². The summed E-state index contributed by atoms with van der Waals surface area (Å²) in [6, 6.07) is 4.78. The van der Waals surface area contributed by atoms with Crippen molar-refractivity contribution in [3.05, 3.63) is 34.6 Å². The molecule has 0 bridgehead atoms. The molecule has 2 saturated heterocycles. The number of rotatable bonds is 4. The number of carbonyl (C=O) groups is 1. The molecule has 0 radical (unpaired) electrons. The molecular weight excluding hydrogens is 317 g/mol. The highest BCUT2D eigenvalue weighted by Gasteiger charge is 2.24. The minimum absolute atomic E-state index is 0.218. The molecule has 0 spiro atoms. The van der Waals surface area contributed by atoms with E-state index in [-0.39, 0.29) is 11.7 Å². The number of nitrogens with zero attached hydrogens (tertiary/aromatic N) is 3. The van der Waals surface area contributed by atoms with Gasteiger partial charge in [0.1, 0.15) is 5.82 Å². The van der Waals surface area contributed by atoms with E-state index in [9.17, 15) is 9.18 Å². The molecule has 0 aliphatic carbocycles. The fraction of sp³-hybridized carbons (Fsp3) is 0.588. The molecule has 2 aliphatic heterocycles. The summed E-state index contributed by atoms with van der Waals surface area (Å²) in [4.78, 5) is 18.6. The second kappa shape index (κ2) is 7.60. The van der Waals surface area contributed by atoms with Gasteiger partial charge in [-0.3, -0.25) is 14.6 Å². The van der Waals surface area contributed by atoms with Gasteiger partial charge >= 0.3 is 0 Å². The van der Waals surface area contributed by atoms with Gasteiger partial charge in [-0.15, -0.1) is 0 Å². The van der Waals surface area contributed by atoms with Gasteiger partial charge in [-0.05, 0) is 38.1 Å². The van der Waals surface area contributed by atoms with Crippen LogP contribution in [0.15, 0.2) is 18.2 Å². The molecule has 4 nitrogen and oxygen atoms in total. The fourth-order valence-electron chi connectivity index (χ4n) is 3.29. The number of hydrogen-bond acceptors (Lipinski definition) is 3. The van der Waals surface area contributed by atoms with Crippen LogP contribution in [-0.2, 0) is 11.3 Å². The SMILES string of the molecule is O=C(CN1CCCC1)N1CCN(Cc2c(F)cccc2Cl)CC1. The van der Waals surface area contributed by atoms with Gasteiger partial charge in [0.25, 0.3) is 0 Å². The van der Waals surface area contributed by atoms with Gasteiger partial charge in [0.15, 0.2) is 0 Å². The number of likely N-dealkylation sites (tertiary alicyclic amines) is 1. The minimum atomic E-state index is -0.259. The Bertz CT molecular complexity index is 535. The van der Waals surface area contributed by atoms with Crippen LogP contribution < -0.4 is 0 Å². The number of piperazine rings is 1. The molecule has 0 aromatic heterocycles. The first-order valence-electron chi connectivity index (χ1n) is 8.29. The van der Waals surface area contributed by atoms with Crippen LogP contribution >= 0.6 is 11.6 Å². The molecule has 2 fully saturated rings. The Labute approximate surface area is 141 Å². The lowest BCUT2D eigenvalue weighted by Gasteiger charge is -2.35. The van der Waals surface area contributed by atoms with Crippen LogP contribution in [0.4, 0.5) is 4.39 Å². The molecule has 126 valence electrons. The largest absolute Gasteiger partial charge is 0.339 e. The Morgan fingerprint density at radius 3 is 2.39 bits per heavy atom. The van der Waals surface area contributed by atoms with E-state index in [0.717, 1.165) is 26.2 Å². The molecule has 2 heterocycles. The normalized spacial score (nSPS) is 20.2. The average Bonchev–Trinajstić information content (AvgIpc) is 3.04. The van der Waals surface area contributed by atoms with E-state index in [1.165, 1.54) is 18.9 Å². The van der Waals surface area contributed by atoms with Crippen molar-refractivity contribution in [3.63, 3.8) is 0 Å². The van der Waals surface area contributed by atoms with Gasteiger partial charge in [-0.2, -0.15) is 0 Å². The molecule has 3 rings (SSSR count). The second-order valence-electron chi connectivity index (χ2n) is 6.34. The molecule has 1 amide bonds. The highest BCUT2D eigenvalue weighted by atomic mass is 35.5. The maximum Gasteiger partial charge on any atom is 0.236 e. The van der Waals surface area contributed by atoms with E-state index in [2.05, 4.69) is 9.80 Å². The zero-order valence-electron chi connectivity index (χ0n) is 13.3. The van der Waals surface area contributed by atoms with Crippen molar-refractivity contribution in [1.82, 2.24) is 14.7 Å². The predicted octanol–water partition coefficient (Wildman–Crippen LogP) is 2.22. The highest BCUT2D eigenvalue weighted by molar-refractivity contribution is 6.31. The van der Waals surface area contributed by atoms with Crippen molar-refractivity contribution >= 4 is 17.5 Å². The lowest BCUT2D eigenvalue weighted by atomic mass is 10.2. The summed E-state index contributed by atoms with van der Waals surface area (Å²) in [5, 5.41) is 0.470. The van der Waals surface area contributed by atoms with Gasteiger partial charge in [0.05, 0.1) is 6.54 Å². The van der Waals surface area contributed by atoms with Crippen molar-refractivity contribution in [2.45, 2.75) is 19.4 Å². The first-order chi connectivity index (χ1) is 11.1. The Morgan fingerprint density at radius 2 is 1.74 bits per heavy atom. The maximum absolute atomic E-state index is 13.9. The Hall–Kier alpha value is -1.17. The van der Waals surface area contributed by atoms with Crippen LogP contribution in [0.5, 0.6) is 0 Å². The smallest absolute Gasteiger partial charge is 0.236 e. The zero-order chi connectivity index (χ0) is 16.2. The van der Waals surface area contributed by atoms with Crippen molar-refractivity contribution < 1.29 is 9.18 Å². The van der Waals surface area contributed by atoms with E-state index < -0.39 is 0 Å². The van der Waals surface area contributed by atoms with Crippen molar-refractivity contribution in [1.29, 1.82) is 0 Å². The Kier molecular flexibility index (Phi) is 5.51. The van der Waals surface area contributed by atoms with Crippen molar-refractivity contribution in [2.24, 2.45) is 0 Å². The molecule has 6 heteroatoms. The van der Waals surface area contributed by atoms with Crippen LogP contribution in [0, 0.1) is 5.82 Å². The number of amides is 1. The quantitative estimate of drug-likeness (QED) is 0.841. The van der Waals surface area contributed by atoms with E-state index in [4.69, 9.17) is 11.6 Å². The summed E-state index contributed by atoms with van der Waals surface area (Å²) in [5.74, 6) is -0.0412. The first kappa shape index (κ1) is 16.7.